The van der Waals surface area contributed by atoms with Crippen LogP contribution in [-0.2, 0) is 9.47 Å². The van der Waals surface area contributed by atoms with Crippen molar-refractivity contribution in [2.45, 2.75) is 32.2 Å². The van der Waals surface area contributed by atoms with E-state index < -0.39 is 0 Å². The minimum absolute atomic E-state index is 0. The van der Waals surface area contributed by atoms with E-state index in [-0.39, 0.29) is 25.7 Å². The lowest BCUT2D eigenvalue weighted by atomic mass is 10.1. The number of terminal acetylenes is 1. The van der Waals surface area contributed by atoms with Crippen LogP contribution in [0.2, 0.25) is 0 Å². The van der Waals surface area contributed by atoms with E-state index in [4.69, 9.17) is 14.6 Å². The molecule has 2 rings (SSSR count). The number of aliphatic hydroxyl groups is 1. The summed E-state index contributed by atoms with van der Waals surface area (Å²) in [5.74, 6) is 0. The van der Waals surface area contributed by atoms with Gasteiger partial charge in [-0.1, -0.05) is 7.43 Å². The molecule has 0 aromatic heterocycles. The van der Waals surface area contributed by atoms with Crippen LogP contribution in [0.25, 0.3) is 0 Å². The van der Waals surface area contributed by atoms with Crippen molar-refractivity contribution in [3.05, 3.63) is 0 Å². The summed E-state index contributed by atoms with van der Waals surface area (Å²) in [6.45, 7) is 1.20. The fourth-order valence-corrected chi connectivity index (χ4v) is 1.45. The molecule has 2 aliphatic rings. The van der Waals surface area contributed by atoms with Crippen molar-refractivity contribution in [1.29, 1.82) is 0 Å². The van der Waals surface area contributed by atoms with Gasteiger partial charge in [-0.15, -0.1) is 12.8 Å². The van der Waals surface area contributed by atoms with Gasteiger partial charge in [-0.2, -0.15) is 0 Å². The normalized spacial score (nSPS) is 37.4. The molecule has 0 unspecified atom stereocenters. The van der Waals surface area contributed by atoms with Crippen molar-refractivity contribution in [3.8, 4) is 12.8 Å². The summed E-state index contributed by atoms with van der Waals surface area (Å²) in [6, 6.07) is 0. The number of hydrogen-bond donors (Lipinski definition) is 1. The molecule has 0 bridgehead atoms. The highest BCUT2D eigenvalue weighted by atomic mass is 16.6. The van der Waals surface area contributed by atoms with E-state index in [0.717, 1.165) is 13.0 Å². The molecule has 0 radical (unpaired) electrons. The van der Waals surface area contributed by atoms with Crippen LogP contribution < -0.4 is 0 Å². The Morgan fingerprint density at radius 1 is 1.25 bits per heavy atom. The van der Waals surface area contributed by atoms with E-state index in [9.17, 15) is 0 Å². The average molecular weight is 172 g/mol. The van der Waals surface area contributed by atoms with Crippen molar-refractivity contribution < 1.29 is 14.6 Å². The summed E-state index contributed by atoms with van der Waals surface area (Å²) in [6.07, 6.45) is 8.73. The summed E-state index contributed by atoms with van der Waals surface area (Å²) >= 11 is 0. The van der Waals surface area contributed by atoms with Gasteiger partial charge in [0.15, 0.2) is 0 Å². The fraction of sp³-hybridized carbons (Fsp3) is 0.778. The van der Waals surface area contributed by atoms with Crippen molar-refractivity contribution in [2.75, 3.05) is 13.2 Å². The molecule has 12 heavy (non-hydrogen) atoms. The Morgan fingerprint density at radius 2 is 1.92 bits per heavy atom. The van der Waals surface area contributed by atoms with Crippen LogP contribution in [0.3, 0.4) is 0 Å². The molecule has 0 amide bonds. The van der Waals surface area contributed by atoms with Crippen molar-refractivity contribution in [2.24, 2.45) is 0 Å². The first-order chi connectivity index (χ1) is 5.38. The lowest BCUT2D eigenvalue weighted by Gasteiger charge is -2.08. The van der Waals surface area contributed by atoms with Crippen LogP contribution in [0.15, 0.2) is 0 Å². The van der Waals surface area contributed by atoms with Gasteiger partial charge in [0.05, 0.1) is 12.7 Å². The van der Waals surface area contributed by atoms with E-state index >= 15 is 0 Å². The van der Waals surface area contributed by atoms with Crippen LogP contribution in [0.5, 0.6) is 0 Å². The lowest BCUT2D eigenvalue weighted by Crippen LogP contribution is -2.26. The lowest BCUT2D eigenvalue weighted by molar-refractivity contribution is 0.0187. The van der Waals surface area contributed by atoms with E-state index in [0.29, 0.717) is 6.61 Å². The van der Waals surface area contributed by atoms with Crippen LogP contribution in [-0.4, -0.2) is 36.6 Å². The number of fused-ring (bicyclic) bond motifs is 1. The highest BCUT2D eigenvalue weighted by molar-refractivity contribution is 4.88. The van der Waals surface area contributed by atoms with Gasteiger partial charge in [-0.05, 0) is 6.42 Å². The van der Waals surface area contributed by atoms with Crippen LogP contribution in [0, 0.1) is 12.8 Å². The predicted octanol–water partition coefficient (Wildman–Crippen LogP) is 0.420. The minimum Gasteiger partial charge on any atom is -0.388 e. The van der Waals surface area contributed by atoms with Crippen molar-refractivity contribution >= 4 is 0 Å². The summed E-state index contributed by atoms with van der Waals surface area (Å²) in [5, 5.41) is 9.15. The topological polar surface area (TPSA) is 38.7 Å². The van der Waals surface area contributed by atoms with Gasteiger partial charge in [-0.25, -0.2) is 0 Å². The molecule has 3 nitrogen and oxygen atoms in total. The van der Waals surface area contributed by atoms with Gasteiger partial charge >= 0.3 is 0 Å². The zero-order chi connectivity index (χ0) is 8.27. The standard InChI is InChI=1S/C6H10O3.C2H2.CH4/c7-4-3-9-5-1-2-8-6(4)5;1-2;/h4-7H,1-3H2;1-2H;1H4/t4-,5+,6+;;/m0../s1. The SMILES string of the molecule is C.C#C.O[C@H]1CO[C@@H]2CCO[C@H]12. The number of hydrogen-bond acceptors (Lipinski definition) is 3. The molecule has 70 valence electrons. The average Bonchev–Trinajstić information content (AvgIpc) is 2.60. The molecule has 0 aromatic carbocycles. The monoisotopic (exact) mass is 172 g/mol. The molecule has 2 fully saturated rings. The van der Waals surface area contributed by atoms with Crippen LogP contribution in [0.4, 0.5) is 0 Å². The van der Waals surface area contributed by atoms with Gasteiger partial charge < -0.3 is 14.6 Å². The summed E-state index contributed by atoms with van der Waals surface area (Å²) in [5.41, 5.74) is 0. The molecule has 2 heterocycles. The van der Waals surface area contributed by atoms with Gasteiger partial charge in [0.1, 0.15) is 12.2 Å². The maximum Gasteiger partial charge on any atom is 0.112 e. The quantitative estimate of drug-likeness (QED) is 0.538. The smallest absolute Gasteiger partial charge is 0.112 e. The van der Waals surface area contributed by atoms with Crippen LogP contribution in [0.1, 0.15) is 13.8 Å². The summed E-state index contributed by atoms with van der Waals surface area (Å²) in [4.78, 5) is 0. The third-order valence-corrected chi connectivity index (χ3v) is 1.94. The minimum atomic E-state index is -0.377. The van der Waals surface area contributed by atoms with Crippen molar-refractivity contribution in [3.63, 3.8) is 0 Å². The molecular weight excluding hydrogens is 156 g/mol. The van der Waals surface area contributed by atoms with Gasteiger partial charge in [0, 0.05) is 6.61 Å². The first-order valence-electron chi connectivity index (χ1n) is 3.62. The molecule has 0 saturated carbocycles. The highest BCUT2D eigenvalue weighted by Crippen LogP contribution is 2.25. The zero-order valence-electron chi connectivity index (χ0n) is 6.27. The Balaban J connectivity index is 0.000000378. The Labute approximate surface area is 73.7 Å². The fourth-order valence-electron chi connectivity index (χ4n) is 1.45. The van der Waals surface area contributed by atoms with Gasteiger partial charge in [0.25, 0.3) is 0 Å². The van der Waals surface area contributed by atoms with E-state index in [2.05, 4.69) is 12.8 Å². The molecule has 0 spiro atoms. The highest BCUT2D eigenvalue weighted by Gasteiger charge is 2.40. The molecule has 3 atom stereocenters. The zero-order valence-corrected chi connectivity index (χ0v) is 6.27. The Bertz CT molecular complexity index is 144. The van der Waals surface area contributed by atoms with E-state index in [1.165, 1.54) is 0 Å². The summed E-state index contributed by atoms with van der Waals surface area (Å²) in [7, 11) is 0. The second-order valence-electron chi connectivity index (χ2n) is 2.56. The first kappa shape index (κ1) is 11.4. The maximum absolute atomic E-state index is 9.15. The van der Waals surface area contributed by atoms with Gasteiger partial charge in [0.2, 0.25) is 0 Å². The molecule has 0 aliphatic carbocycles. The summed E-state index contributed by atoms with van der Waals surface area (Å²) < 4.78 is 10.4. The maximum atomic E-state index is 9.15. The Hall–Kier alpha value is -0.560. The van der Waals surface area contributed by atoms with Crippen LogP contribution >= 0.6 is 0 Å². The number of ether oxygens (including phenoxy) is 2. The number of aliphatic hydroxyl groups excluding tert-OH is 1. The second-order valence-corrected chi connectivity index (χ2v) is 2.56. The number of rotatable bonds is 0. The van der Waals surface area contributed by atoms with E-state index in [1.807, 2.05) is 0 Å². The predicted molar refractivity (Wildman–Crippen MR) is 46.7 cm³/mol. The third-order valence-electron chi connectivity index (χ3n) is 1.94. The molecule has 1 N–H and O–H groups in total. The second kappa shape index (κ2) is 5.15. The Morgan fingerprint density at radius 3 is 2.50 bits per heavy atom. The molecule has 2 saturated heterocycles. The van der Waals surface area contributed by atoms with E-state index in [1.54, 1.807) is 0 Å². The largest absolute Gasteiger partial charge is 0.388 e. The molecule has 3 heteroatoms. The molecule has 2 aliphatic heterocycles. The Kier molecular flexibility index (Phi) is 4.91. The van der Waals surface area contributed by atoms with Gasteiger partial charge in [-0.3, -0.25) is 0 Å². The third kappa shape index (κ3) is 1.98. The van der Waals surface area contributed by atoms with Crippen molar-refractivity contribution in [1.82, 2.24) is 0 Å². The molecule has 0 aromatic rings. The first-order valence-corrected chi connectivity index (χ1v) is 3.62. The molecular formula is C9H16O3.